The first-order valence-corrected chi connectivity index (χ1v) is 4.92. The van der Waals surface area contributed by atoms with Crippen molar-refractivity contribution < 1.29 is 0 Å². The number of nitrogens with one attached hydrogen (secondary N) is 1. The van der Waals surface area contributed by atoms with Crippen molar-refractivity contribution in [1.82, 2.24) is 5.01 Å². The van der Waals surface area contributed by atoms with Gasteiger partial charge >= 0.3 is 0 Å². The molecule has 1 aromatic carbocycles. The number of hydrogen-bond acceptors (Lipinski definition) is 2. The maximum absolute atomic E-state index is 7.24. The molecule has 0 fully saturated rings. The predicted octanol–water partition coefficient (Wildman–Crippen LogP) is 1.58. The smallest absolute Gasteiger partial charge is 0.208 e. The molecule has 0 aliphatic heterocycles. The first-order valence-electron chi connectivity index (χ1n) is 4.92. The Morgan fingerprint density at radius 2 is 2.06 bits per heavy atom. The lowest BCUT2D eigenvalue weighted by atomic mass is 10.1. The molecule has 0 unspecified atom stereocenters. The summed E-state index contributed by atoms with van der Waals surface area (Å²) in [7, 11) is 1.69. The van der Waals surface area contributed by atoms with Crippen molar-refractivity contribution >= 4 is 24.1 Å². The lowest BCUT2D eigenvalue weighted by molar-refractivity contribution is 0.532. The van der Waals surface area contributed by atoms with Crippen LogP contribution in [0, 0.1) is 5.41 Å². The molecular weight excluding hydrogens is 224 g/mol. The van der Waals surface area contributed by atoms with E-state index < -0.39 is 0 Å². The van der Waals surface area contributed by atoms with E-state index in [1.165, 1.54) is 16.1 Å². The van der Waals surface area contributed by atoms with Gasteiger partial charge in [0.25, 0.3) is 0 Å². The van der Waals surface area contributed by atoms with Gasteiger partial charge in [0.15, 0.2) is 0 Å². The Morgan fingerprint density at radius 1 is 1.38 bits per heavy atom. The summed E-state index contributed by atoms with van der Waals surface area (Å²) >= 11 is 0. The van der Waals surface area contributed by atoms with Crippen LogP contribution in [-0.4, -0.2) is 23.7 Å². The minimum Gasteiger partial charge on any atom is -0.369 e. The fourth-order valence-corrected chi connectivity index (χ4v) is 1.75. The van der Waals surface area contributed by atoms with Gasteiger partial charge in [-0.25, -0.2) is 5.01 Å². The average Bonchev–Trinajstić information content (AvgIpc) is 2.62. The molecule has 0 radical (unpaired) electrons. The fourth-order valence-electron chi connectivity index (χ4n) is 1.75. The van der Waals surface area contributed by atoms with Crippen LogP contribution in [-0.2, 0) is 6.42 Å². The van der Waals surface area contributed by atoms with Gasteiger partial charge in [0, 0.05) is 12.6 Å². The van der Waals surface area contributed by atoms with Crippen LogP contribution in [0.1, 0.15) is 17.5 Å². The van der Waals surface area contributed by atoms with Crippen LogP contribution in [0.25, 0.3) is 0 Å². The Hall–Kier alpha value is -1.55. The molecule has 0 atom stereocenters. The van der Waals surface area contributed by atoms with Gasteiger partial charge in [0.1, 0.15) is 0 Å². The summed E-state index contributed by atoms with van der Waals surface area (Å²) < 4.78 is 0. The summed E-state index contributed by atoms with van der Waals surface area (Å²) in [6.45, 7) is 0. The minimum atomic E-state index is -0.0353. The standard InChI is InChI=1S/C11H14N4.ClH/c1-15(11(12)13)14-10-7-6-8-4-2-3-5-9(8)10;/h2-5H,6-7H2,1H3,(H3,12,13);1H. The van der Waals surface area contributed by atoms with Crippen molar-refractivity contribution in [2.45, 2.75) is 12.8 Å². The van der Waals surface area contributed by atoms with Gasteiger partial charge in [0.05, 0.1) is 5.71 Å². The number of rotatable bonds is 1. The molecule has 1 aromatic rings. The minimum absolute atomic E-state index is 0. The van der Waals surface area contributed by atoms with Crippen LogP contribution >= 0.6 is 12.4 Å². The Kier molecular flexibility index (Phi) is 3.90. The molecule has 16 heavy (non-hydrogen) atoms. The number of guanidine groups is 1. The highest BCUT2D eigenvalue weighted by molar-refractivity contribution is 6.04. The molecule has 5 heteroatoms. The second-order valence-electron chi connectivity index (χ2n) is 3.61. The molecule has 1 aliphatic carbocycles. The van der Waals surface area contributed by atoms with Gasteiger partial charge in [-0.2, -0.15) is 5.10 Å². The van der Waals surface area contributed by atoms with E-state index in [1.54, 1.807) is 7.05 Å². The average molecular weight is 239 g/mol. The second-order valence-corrected chi connectivity index (χ2v) is 3.61. The maximum Gasteiger partial charge on any atom is 0.208 e. The van der Waals surface area contributed by atoms with Crippen LogP contribution in [0.2, 0.25) is 0 Å². The molecule has 86 valence electrons. The first-order chi connectivity index (χ1) is 7.18. The lowest BCUT2D eigenvalue weighted by Crippen LogP contribution is -2.29. The maximum atomic E-state index is 7.24. The highest BCUT2D eigenvalue weighted by Crippen LogP contribution is 2.22. The second kappa shape index (κ2) is 4.99. The number of halogens is 1. The van der Waals surface area contributed by atoms with Gasteiger partial charge in [0.2, 0.25) is 5.96 Å². The molecule has 0 saturated heterocycles. The third-order valence-electron chi connectivity index (χ3n) is 2.58. The third-order valence-corrected chi connectivity index (χ3v) is 2.58. The molecular formula is C11H15ClN4. The number of aryl methyl sites for hydroxylation is 1. The van der Waals surface area contributed by atoms with Crippen molar-refractivity contribution in [3.05, 3.63) is 35.4 Å². The Balaban J connectivity index is 0.00000128. The number of hydrogen-bond donors (Lipinski definition) is 2. The van der Waals surface area contributed by atoms with E-state index in [0.29, 0.717) is 0 Å². The Bertz CT molecular complexity index is 428. The molecule has 0 heterocycles. The summed E-state index contributed by atoms with van der Waals surface area (Å²) in [5.74, 6) is -0.0353. The van der Waals surface area contributed by atoms with Crippen LogP contribution in [0.4, 0.5) is 0 Å². The normalized spacial score (nSPS) is 15.4. The van der Waals surface area contributed by atoms with Gasteiger partial charge in [-0.15, -0.1) is 12.4 Å². The molecule has 0 bridgehead atoms. The summed E-state index contributed by atoms with van der Waals surface area (Å²) in [5.41, 5.74) is 8.87. The molecule has 0 amide bonds. The van der Waals surface area contributed by atoms with Crippen LogP contribution in [0.3, 0.4) is 0 Å². The van der Waals surface area contributed by atoms with Crippen molar-refractivity contribution in [2.75, 3.05) is 7.05 Å². The summed E-state index contributed by atoms with van der Waals surface area (Å²) in [4.78, 5) is 0. The molecule has 1 aliphatic rings. The van der Waals surface area contributed by atoms with Gasteiger partial charge in [-0.05, 0) is 18.4 Å². The SMILES string of the molecule is CN(N=C1CCc2ccccc21)C(=N)N.Cl. The number of fused-ring (bicyclic) bond motifs is 1. The van der Waals surface area contributed by atoms with Gasteiger partial charge in [-0.3, -0.25) is 5.41 Å². The molecule has 3 N–H and O–H groups in total. The molecule has 2 rings (SSSR count). The third kappa shape index (κ3) is 2.33. The number of nitrogens with zero attached hydrogens (tertiary/aromatic N) is 2. The molecule has 4 nitrogen and oxygen atoms in total. The topological polar surface area (TPSA) is 65.5 Å². The zero-order valence-electron chi connectivity index (χ0n) is 9.10. The molecule has 0 spiro atoms. The summed E-state index contributed by atoms with van der Waals surface area (Å²) in [6, 6.07) is 8.23. The first kappa shape index (κ1) is 12.5. The van der Waals surface area contributed by atoms with Crippen molar-refractivity contribution in [1.29, 1.82) is 5.41 Å². The highest BCUT2D eigenvalue weighted by atomic mass is 35.5. The predicted molar refractivity (Wildman–Crippen MR) is 68.2 cm³/mol. The highest BCUT2D eigenvalue weighted by Gasteiger charge is 2.17. The molecule has 0 aromatic heterocycles. The van der Waals surface area contributed by atoms with Gasteiger partial charge in [-0.1, -0.05) is 24.3 Å². The van der Waals surface area contributed by atoms with E-state index in [0.717, 1.165) is 18.6 Å². The monoisotopic (exact) mass is 238 g/mol. The summed E-state index contributed by atoms with van der Waals surface area (Å²) in [6.07, 6.45) is 1.96. The number of hydrazone groups is 1. The van der Waals surface area contributed by atoms with E-state index in [2.05, 4.69) is 17.2 Å². The lowest BCUT2D eigenvalue weighted by Gasteiger charge is -2.11. The number of nitrogens with two attached hydrogens (primary N) is 1. The largest absolute Gasteiger partial charge is 0.369 e. The van der Waals surface area contributed by atoms with Crippen LogP contribution < -0.4 is 5.73 Å². The van der Waals surface area contributed by atoms with E-state index in [4.69, 9.17) is 11.1 Å². The van der Waals surface area contributed by atoms with Crippen molar-refractivity contribution in [3.63, 3.8) is 0 Å². The van der Waals surface area contributed by atoms with E-state index in [-0.39, 0.29) is 18.4 Å². The fraction of sp³-hybridized carbons (Fsp3) is 0.273. The van der Waals surface area contributed by atoms with E-state index >= 15 is 0 Å². The van der Waals surface area contributed by atoms with Crippen LogP contribution in [0.5, 0.6) is 0 Å². The zero-order chi connectivity index (χ0) is 10.8. The Morgan fingerprint density at radius 3 is 2.75 bits per heavy atom. The summed E-state index contributed by atoms with van der Waals surface area (Å²) in [5, 5.41) is 13.0. The Labute approximate surface area is 101 Å². The van der Waals surface area contributed by atoms with Crippen molar-refractivity contribution in [2.24, 2.45) is 10.8 Å². The van der Waals surface area contributed by atoms with Gasteiger partial charge < -0.3 is 5.73 Å². The van der Waals surface area contributed by atoms with Crippen LogP contribution in [0.15, 0.2) is 29.4 Å². The van der Waals surface area contributed by atoms with E-state index in [1.807, 2.05) is 12.1 Å². The van der Waals surface area contributed by atoms with E-state index in [9.17, 15) is 0 Å². The number of benzene rings is 1. The quantitative estimate of drug-likeness (QED) is 0.443. The molecule has 0 saturated carbocycles. The van der Waals surface area contributed by atoms with Crippen molar-refractivity contribution in [3.8, 4) is 0 Å². The zero-order valence-corrected chi connectivity index (χ0v) is 9.92.